The summed E-state index contributed by atoms with van der Waals surface area (Å²) < 4.78 is 5.39. The lowest BCUT2D eigenvalue weighted by atomic mass is 9.90. The Morgan fingerprint density at radius 2 is 2.18 bits per heavy atom. The molecule has 1 aromatic heterocycles. The van der Waals surface area contributed by atoms with Crippen LogP contribution >= 0.6 is 0 Å². The maximum absolute atomic E-state index is 13.5. The second kappa shape index (κ2) is 8.77. The van der Waals surface area contributed by atoms with Gasteiger partial charge in [0.25, 0.3) is 5.91 Å². The van der Waals surface area contributed by atoms with Crippen LogP contribution in [0.15, 0.2) is 24.3 Å². The molecule has 0 saturated carbocycles. The summed E-state index contributed by atoms with van der Waals surface area (Å²) in [7, 11) is 1.58. The number of ether oxygens (including phenoxy) is 1. The Bertz CT molecular complexity index is 1130. The lowest BCUT2D eigenvalue weighted by Gasteiger charge is -2.25. The quantitative estimate of drug-likeness (QED) is 0.619. The zero-order valence-electron chi connectivity index (χ0n) is 19.1. The van der Waals surface area contributed by atoms with Crippen LogP contribution in [0.2, 0.25) is 0 Å². The molecule has 2 aromatic rings. The molecule has 3 N–H and O–H groups in total. The number of nitrogens with zero attached hydrogens (tertiary/aromatic N) is 2. The van der Waals surface area contributed by atoms with Crippen LogP contribution in [-0.4, -0.2) is 59.9 Å². The van der Waals surface area contributed by atoms with Crippen molar-refractivity contribution in [2.24, 2.45) is 11.3 Å². The summed E-state index contributed by atoms with van der Waals surface area (Å²) in [6.07, 6.45) is 1.40. The largest absolute Gasteiger partial charge is 0.496 e. The number of amides is 3. The van der Waals surface area contributed by atoms with Crippen LogP contribution in [0.5, 0.6) is 5.75 Å². The number of hydrogen-bond acceptors (Lipinski definition) is 5. The van der Waals surface area contributed by atoms with E-state index < -0.39 is 12.1 Å². The van der Waals surface area contributed by atoms with Gasteiger partial charge in [0.2, 0.25) is 11.8 Å². The highest BCUT2D eigenvalue weighted by Crippen LogP contribution is 2.36. The number of nitrogens with one attached hydrogen (secondary N) is 3. The number of carbonyl (C=O) groups excluding carboxylic acids is 3. The Balaban J connectivity index is 1.53. The topological polar surface area (TPSA) is 127 Å². The lowest BCUT2D eigenvalue weighted by molar-refractivity contribution is -0.126. The number of fused-ring (bicyclic) bond motifs is 1. The third kappa shape index (κ3) is 4.51. The van der Waals surface area contributed by atoms with Crippen LogP contribution in [0.25, 0.3) is 10.9 Å². The Hall–Kier alpha value is -3.54. The molecule has 4 rings (SSSR count). The van der Waals surface area contributed by atoms with Gasteiger partial charge in [-0.2, -0.15) is 5.26 Å². The first-order valence-electron chi connectivity index (χ1n) is 11.2. The van der Waals surface area contributed by atoms with Gasteiger partial charge in [-0.15, -0.1) is 0 Å². The minimum Gasteiger partial charge on any atom is -0.496 e. The van der Waals surface area contributed by atoms with Gasteiger partial charge in [-0.25, -0.2) is 0 Å². The monoisotopic (exact) mass is 451 g/mol. The predicted octanol–water partition coefficient (Wildman–Crippen LogP) is 1.95. The average Bonchev–Trinajstić information content (AvgIpc) is 3.48. The van der Waals surface area contributed by atoms with E-state index in [1.165, 1.54) is 0 Å². The van der Waals surface area contributed by atoms with Crippen molar-refractivity contribution >= 4 is 28.6 Å². The number of H-pyrrole nitrogens is 1. The van der Waals surface area contributed by atoms with Crippen molar-refractivity contribution in [2.45, 2.75) is 45.2 Å². The first kappa shape index (κ1) is 22.6. The lowest BCUT2D eigenvalue weighted by Crippen LogP contribution is -2.49. The summed E-state index contributed by atoms with van der Waals surface area (Å²) in [6, 6.07) is 7.88. The van der Waals surface area contributed by atoms with Gasteiger partial charge in [0.1, 0.15) is 23.5 Å². The molecule has 0 radical (unpaired) electrons. The minimum absolute atomic E-state index is 0.0856. The van der Waals surface area contributed by atoms with E-state index in [9.17, 15) is 19.6 Å². The molecule has 174 valence electrons. The van der Waals surface area contributed by atoms with Gasteiger partial charge in [0.05, 0.1) is 13.2 Å². The molecule has 0 aliphatic carbocycles. The summed E-state index contributed by atoms with van der Waals surface area (Å²) in [5, 5.41) is 15.9. The summed E-state index contributed by atoms with van der Waals surface area (Å²) in [6.45, 7) is 5.03. The molecule has 1 aromatic carbocycles. The fourth-order valence-corrected chi connectivity index (χ4v) is 4.86. The van der Waals surface area contributed by atoms with Crippen molar-refractivity contribution < 1.29 is 19.1 Å². The standard InChI is InChI=1S/C24H29N5O4/c1-24(2)11-19(22(31)27-15(12-25)9-14-7-8-26-21(14)30)29(13-24)23(32)18-10-16-17(28-18)5-4-6-20(16)33-3/h4-6,10,14-15,19,28H,7-9,11,13H2,1-3H3,(H,26,30)(H,27,31)/t14-,15+,19+/m1/s1. The first-order valence-corrected chi connectivity index (χ1v) is 11.2. The maximum Gasteiger partial charge on any atom is 0.271 e. The normalized spacial score (nSPS) is 22.6. The predicted molar refractivity (Wildman–Crippen MR) is 121 cm³/mol. The van der Waals surface area contributed by atoms with E-state index in [0.717, 1.165) is 10.9 Å². The molecule has 3 heterocycles. The number of rotatable bonds is 6. The third-order valence-electron chi connectivity index (χ3n) is 6.51. The smallest absolute Gasteiger partial charge is 0.271 e. The van der Waals surface area contributed by atoms with E-state index in [-0.39, 0.29) is 35.5 Å². The van der Waals surface area contributed by atoms with Crippen molar-refractivity contribution in [3.8, 4) is 11.8 Å². The average molecular weight is 452 g/mol. The zero-order chi connectivity index (χ0) is 23.8. The summed E-state index contributed by atoms with van der Waals surface area (Å²) in [4.78, 5) is 43.2. The van der Waals surface area contributed by atoms with Crippen LogP contribution in [-0.2, 0) is 9.59 Å². The molecule has 0 bridgehead atoms. The number of benzene rings is 1. The van der Waals surface area contributed by atoms with E-state index in [4.69, 9.17) is 4.74 Å². The number of aromatic nitrogens is 1. The van der Waals surface area contributed by atoms with E-state index in [1.54, 1.807) is 18.1 Å². The highest BCUT2D eigenvalue weighted by Gasteiger charge is 2.44. The van der Waals surface area contributed by atoms with Gasteiger partial charge < -0.3 is 25.3 Å². The molecule has 9 heteroatoms. The molecule has 2 aliphatic rings. The Labute approximate surface area is 192 Å². The third-order valence-corrected chi connectivity index (χ3v) is 6.51. The molecule has 2 saturated heterocycles. The fraction of sp³-hybridized carbons (Fsp3) is 0.500. The minimum atomic E-state index is -0.788. The number of hydrogen-bond donors (Lipinski definition) is 3. The molecule has 2 fully saturated rings. The summed E-state index contributed by atoms with van der Waals surface area (Å²) in [5.74, 6) is -0.353. The molecular formula is C24H29N5O4. The Morgan fingerprint density at radius 3 is 2.85 bits per heavy atom. The molecule has 33 heavy (non-hydrogen) atoms. The highest BCUT2D eigenvalue weighted by molar-refractivity contribution is 6.01. The van der Waals surface area contributed by atoms with E-state index in [1.807, 2.05) is 32.0 Å². The van der Waals surface area contributed by atoms with Crippen LogP contribution < -0.4 is 15.4 Å². The number of methoxy groups -OCH3 is 1. The SMILES string of the molecule is COc1cccc2[nH]c(C(=O)N3CC(C)(C)C[C@H]3C(=O)N[C@H](C#N)C[C@H]3CCNC3=O)cc12. The molecule has 2 aliphatic heterocycles. The van der Waals surface area contributed by atoms with Crippen LogP contribution in [0.4, 0.5) is 0 Å². The van der Waals surface area contributed by atoms with Crippen LogP contribution in [0.1, 0.15) is 43.6 Å². The van der Waals surface area contributed by atoms with Gasteiger partial charge in [-0.1, -0.05) is 19.9 Å². The Kier molecular flexibility index (Phi) is 6.02. The summed E-state index contributed by atoms with van der Waals surface area (Å²) in [5.41, 5.74) is 0.899. The fourth-order valence-electron chi connectivity index (χ4n) is 4.86. The zero-order valence-corrected chi connectivity index (χ0v) is 19.1. The number of likely N-dealkylation sites (tertiary alicyclic amines) is 1. The molecule has 3 amide bonds. The van der Waals surface area contributed by atoms with Gasteiger partial charge in [0, 0.05) is 29.9 Å². The van der Waals surface area contributed by atoms with Gasteiger partial charge in [-0.3, -0.25) is 14.4 Å². The first-order chi connectivity index (χ1) is 15.7. The molecule has 0 spiro atoms. The number of aromatic amines is 1. The van der Waals surface area contributed by atoms with Gasteiger partial charge >= 0.3 is 0 Å². The van der Waals surface area contributed by atoms with E-state index >= 15 is 0 Å². The van der Waals surface area contributed by atoms with Crippen molar-refractivity contribution in [1.82, 2.24) is 20.5 Å². The highest BCUT2D eigenvalue weighted by atomic mass is 16.5. The number of carbonyl (C=O) groups is 3. The summed E-state index contributed by atoms with van der Waals surface area (Å²) >= 11 is 0. The van der Waals surface area contributed by atoms with Crippen LogP contribution in [0.3, 0.4) is 0 Å². The second-order valence-electron chi connectivity index (χ2n) is 9.62. The molecule has 3 atom stereocenters. The van der Waals surface area contributed by atoms with Crippen molar-refractivity contribution in [3.63, 3.8) is 0 Å². The van der Waals surface area contributed by atoms with Gasteiger partial charge in [0.15, 0.2) is 0 Å². The molecular weight excluding hydrogens is 422 g/mol. The second-order valence-corrected chi connectivity index (χ2v) is 9.62. The number of nitriles is 1. The van der Waals surface area contributed by atoms with Crippen molar-refractivity contribution in [1.29, 1.82) is 5.26 Å². The van der Waals surface area contributed by atoms with E-state index in [0.29, 0.717) is 37.4 Å². The van der Waals surface area contributed by atoms with Crippen LogP contribution in [0, 0.1) is 22.7 Å². The van der Waals surface area contributed by atoms with Gasteiger partial charge in [-0.05, 0) is 42.9 Å². The Morgan fingerprint density at radius 1 is 1.39 bits per heavy atom. The maximum atomic E-state index is 13.5. The van der Waals surface area contributed by atoms with Crippen molar-refractivity contribution in [3.05, 3.63) is 30.0 Å². The molecule has 9 nitrogen and oxygen atoms in total. The van der Waals surface area contributed by atoms with E-state index in [2.05, 4.69) is 21.7 Å². The molecule has 0 unspecified atom stereocenters. The van der Waals surface area contributed by atoms with Crippen molar-refractivity contribution in [2.75, 3.05) is 20.2 Å².